The summed E-state index contributed by atoms with van der Waals surface area (Å²) in [5.74, 6) is 0.423. The fourth-order valence-electron chi connectivity index (χ4n) is 2.96. The minimum atomic E-state index is -0.345. The van der Waals surface area contributed by atoms with Gasteiger partial charge >= 0.3 is 0 Å². The first-order chi connectivity index (χ1) is 13.1. The monoisotopic (exact) mass is 369 g/mol. The standard InChI is InChI=1S/C20H20FN3O3/c21-15-2-6-17(7-3-15)26-13-19(25)24-16-4-8-18(9-5-16)27-20-10-1-14(11-22)12-23-20/h1-3,6-7,10,12,16,18H,4-5,8-9,13H2,(H,24,25). The molecule has 1 N–H and O–H groups in total. The summed E-state index contributed by atoms with van der Waals surface area (Å²) in [5.41, 5.74) is 0.497. The van der Waals surface area contributed by atoms with E-state index in [1.54, 1.807) is 12.1 Å². The zero-order valence-electron chi connectivity index (χ0n) is 14.7. The third kappa shape index (κ3) is 5.68. The maximum Gasteiger partial charge on any atom is 0.258 e. The van der Waals surface area contributed by atoms with Crippen LogP contribution >= 0.6 is 0 Å². The second-order valence-corrected chi connectivity index (χ2v) is 6.40. The van der Waals surface area contributed by atoms with Gasteiger partial charge in [0.15, 0.2) is 6.61 Å². The first kappa shape index (κ1) is 18.6. The van der Waals surface area contributed by atoms with Crippen molar-refractivity contribution in [2.24, 2.45) is 0 Å². The van der Waals surface area contributed by atoms with Crippen LogP contribution in [-0.2, 0) is 4.79 Å². The zero-order chi connectivity index (χ0) is 19.1. The second kappa shape index (κ2) is 8.99. The number of ether oxygens (including phenoxy) is 2. The van der Waals surface area contributed by atoms with Crippen molar-refractivity contribution in [3.05, 3.63) is 54.0 Å². The van der Waals surface area contributed by atoms with Crippen LogP contribution in [0.4, 0.5) is 4.39 Å². The molecular weight excluding hydrogens is 349 g/mol. The molecule has 6 nitrogen and oxygen atoms in total. The Labute approximate surface area is 156 Å². The number of amides is 1. The van der Waals surface area contributed by atoms with E-state index in [1.165, 1.54) is 30.5 Å². The van der Waals surface area contributed by atoms with Crippen molar-refractivity contribution in [1.29, 1.82) is 5.26 Å². The van der Waals surface area contributed by atoms with Gasteiger partial charge in [-0.3, -0.25) is 4.79 Å². The lowest BCUT2D eigenvalue weighted by atomic mass is 9.93. The number of aromatic nitrogens is 1. The molecule has 0 unspecified atom stereocenters. The Balaban J connectivity index is 1.37. The van der Waals surface area contributed by atoms with E-state index in [9.17, 15) is 9.18 Å². The van der Waals surface area contributed by atoms with Gasteiger partial charge in [-0.15, -0.1) is 0 Å². The molecule has 0 saturated heterocycles. The molecule has 1 aliphatic carbocycles. The summed E-state index contributed by atoms with van der Waals surface area (Å²) in [6, 6.07) is 11.0. The van der Waals surface area contributed by atoms with Gasteiger partial charge in [-0.2, -0.15) is 5.26 Å². The quantitative estimate of drug-likeness (QED) is 0.846. The molecule has 0 atom stereocenters. The topological polar surface area (TPSA) is 84.2 Å². The van der Waals surface area contributed by atoms with Crippen LogP contribution in [0.25, 0.3) is 0 Å². The summed E-state index contributed by atoms with van der Waals surface area (Å²) in [5, 5.41) is 11.7. The smallest absolute Gasteiger partial charge is 0.258 e. The third-order valence-corrected chi connectivity index (χ3v) is 4.38. The SMILES string of the molecule is N#Cc1ccc(OC2CCC(NC(=O)COc3ccc(F)cc3)CC2)nc1. The molecule has 1 heterocycles. The van der Waals surface area contributed by atoms with E-state index >= 15 is 0 Å². The summed E-state index contributed by atoms with van der Waals surface area (Å²) >= 11 is 0. The minimum absolute atomic E-state index is 0.0500. The number of hydrogen-bond acceptors (Lipinski definition) is 5. The average Bonchev–Trinajstić information content (AvgIpc) is 2.70. The Bertz CT molecular complexity index is 795. The van der Waals surface area contributed by atoms with Crippen molar-refractivity contribution in [1.82, 2.24) is 10.3 Å². The van der Waals surface area contributed by atoms with E-state index in [4.69, 9.17) is 14.7 Å². The van der Waals surface area contributed by atoms with Gasteiger partial charge in [0.25, 0.3) is 5.91 Å². The lowest BCUT2D eigenvalue weighted by Gasteiger charge is -2.29. The number of hydrogen-bond donors (Lipinski definition) is 1. The molecule has 2 aromatic rings. The summed E-state index contributed by atoms with van der Waals surface area (Å²) in [4.78, 5) is 16.1. The highest BCUT2D eigenvalue weighted by Crippen LogP contribution is 2.23. The lowest BCUT2D eigenvalue weighted by molar-refractivity contribution is -0.124. The number of nitrogens with one attached hydrogen (secondary N) is 1. The van der Waals surface area contributed by atoms with Gasteiger partial charge in [-0.05, 0) is 56.0 Å². The highest BCUT2D eigenvalue weighted by molar-refractivity contribution is 5.77. The molecule has 3 rings (SSSR count). The lowest BCUT2D eigenvalue weighted by Crippen LogP contribution is -2.41. The number of benzene rings is 1. The molecule has 0 radical (unpaired) electrons. The number of carbonyl (C=O) groups is 1. The fourth-order valence-corrected chi connectivity index (χ4v) is 2.96. The Kier molecular flexibility index (Phi) is 6.21. The van der Waals surface area contributed by atoms with Crippen molar-refractivity contribution in [3.63, 3.8) is 0 Å². The van der Waals surface area contributed by atoms with Gasteiger partial charge in [0, 0.05) is 18.3 Å². The number of carbonyl (C=O) groups excluding carboxylic acids is 1. The van der Waals surface area contributed by atoms with Crippen molar-refractivity contribution in [3.8, 4) is 17.7 Å². The largest absolute Gasteiger partial charge is 0.484 e. The van der Waals surface area contributed by atoms with Gasteiger partial charge in [-0.25, -0.2) is 9.37 Å². The zero-order valence-corrected chi connectivity index (χ0v) is 14.7. The minimum Gasteiger partial charge on any atom is -0.484 e. The van der Waals surface area contributed by atoms with Crippen molar-refractivity contribution in [2.75, 3.05) is 6.61 Å². The first-order valence-corrected chi connectivity index (χ1v) is 8.83. The van der Waals surface area contributed by atoms with Crippen molar-refractivity contribution < 1.29 is 18.7 Å². The van der Waals surface area contributed by atoms with E-state index < -0.39 is 0 Å². The highest BCUT2D eigenvalue weighted by atomic mass is 19.1. The van der Waals surface area contributed by atoms with Crippen molar-refractivity contribution in [2.45, 2.75) is 37.8 Å². The summed E-state index contributed by atoms with van der Waals surface area (Å²) in [7, 11) is 0. The number of nitriles is 1. The molecule has 0 aliphatic heterocycles. The van der Waals surface area contributed by atoms with Crippen LogP contribution in [0.2, 0.25) is 0 Å². The summed E-state index contributed by atoms with van der Waals surface area (Å²) in [6.45, 7) is -0.1000. The Hall–Kier alpha value is -3.14. The Morgan fingerprint density at radius 3 is 2.56 bits per heavy atom. The molecule has 0 bridgehead atoms. The molecule has 0 spiro atoms. The van der Waals surface area contributed by atoms with Crippen LogP contribution < -0.4 is 14.8 Å². The molecule has 1 saturated carbocycles. The molecule has 140 valence electrons. The molecule has 1 amide bonds. The van der Waals surface area contributed by atoms with E-state index in [-0.39, 0.29) is 30.5 Å². The summed E-state index contributed by atoms with van der Waals surface area (Å²) in [6.07, 6.45) is 4.78. The predicted molar refractivity (Wildman–Crippen MR) is 95.7 cm³/mol. The number of halogens is 1. The molecule has 1 fully saturated rings. The summed E-state index contributed by atoms with van der Waals surface area (Å²) < 4.78 is 24.0. The molecule has 27 heavy (non-hydrogen) atoms. The van der Waals surface area contributed by atoms with Crippen LogP contribution in [0.1, 0.15) is 31.2 Å². The number of nitrogens with zero attached hydrogens (tertiary/aromatic N) is 2. The molecule has 7 heteroatoms. The number of rotatable bonds is 6. The first-order valence-electron chi connectivity index (χ1n) is 8.83. The average molecular weight is 369 g/mol. The van der Waals surface area contributed by atoms with E-state index in [0.717, 1.165) is 25.7 Å². The number of pyridine rings is 1. The van der Waals surface area contributed by atoms with Gasteiger partial charge in [0.05, 0.1) is 5.56 Å². The van der Waals surface area contributed by atoms with Crippen LogP contribution in [0, 0.1) is 17.1 Å². The maximum atomic E-state index is 12.8. The van der Waals surface area contributed by atoms with Crippen LogP contribution in [-0.4, -0.2) is 29.6 Å². The Morgan fingerprint density at radius 1 is 1.19 bits per heavy atom. The molecule has 1 aliphatic rings. The van der Waals surface area contributed by atoms with Crippen LogP contribution in [0.5, 0.6) is 11.6 Å². The second-order valence-electron chi connectivity index (χ2n) is 6.40. The van der Waals surface area contributed by atoms with E-state index in [1.807, 2.05) is 6.07 Å². The normalized spacial score (nSPS) is 19.0. The molecule has 1 aromatic heterocycles. The van der Waals surface area contributed by atoms with Crippen LogP contribution in [0.15, 0.2) is 42.6 Å². The van der Waals surface area contributed by atoms with Gasteiger partial charge < -0.3 is 14.8 Å². The van der Waals surface area contributed by atoms with Crippen LogP contribution in [0.3, 0.4) is 0 Å². The van der Waals surface area contributed by atoms with Gasteiger partial charge in [-0.1, -0.05) is 0 Å². The van der Waals surface area contributed by atoms with E-state index in [0.29, 0.717) is 17.2 Å². The van der Waals surface area contributed by atoms with Crippen molar-refractivity contribution >= 4 is 5.91 Å². The third-order valence-electron chi connectivity index (χ3n) is 4.38. The maximum absolute atomic E-state index is 12.8. The predicted octanol–water partition coefficient (Wildman–Crippen LogP) is 2.98. The fraction of sp³-hybridized carbons (Fsp3) is 0.350. The highest BCUT2D eigenvalue weighted by Gasteiger charge is 2.24. The van der Waals surface area contributed by atoms with Gasteiger partial charge in [0.2, 0.25) is 5.88 Å². The molecular formula is C20H20FN3O3. The molecule has 1 aromatic carbocycles. The van der Waals surface area contributed by atoms with E-state index in [2.05, 4.69) is 10.3 Å². The van der Waals surface area contributed by atoms with Gasteiger partial charge in [0.1, 0.15) is 23.7 Å². The Morgan fingerprint density at radius 2 is 1.93 bits per heavy atom.